The average Bonchev–Trinajstić information content (AvgIpc) is 3.14. The highest BCUT2D eigenvalue weighted by Gasteiger charge is 2.41. The molecule has 3 amide bonds. The molecule has 1 aliphatic rings. The monoisotopic (exact) mass is 433 g/mol. The van der Waals surface area contributed by atoms with Crippen LogP contribution in [0.4, 0.5) is 28.0 Å². The number of amides is 3. The molecular formula is C20H15F4N5O2. The van der Waals surface area contributed by atoms with Crippen molar-refractivity contribution in [2.24, 2.45) is 10.9 Å². The summed E-state index contributed by atoms with van der Waals surface area (Å²) in [7, 11) is 0. The first-order valence-corrected chi connectivity index (χ1v) is 9.10. The molecule has 0 fully saturated rings. The molecule has 1 aliphatic heterocycles. The second kappa shape index (κ2) is 7.49. The molecule has 11 heteroatoms. The van der Waals surface area contributed by atoms with Gasteiger partial charge in [0.15, 0.2) is 0 Å². The van der Waals surface area contributed by atoms with Crippen molar-refractivity contribution in [3.05, 3.63) is 59.5 Å². The zero-order valence-corrected chi connectivity index (χ0v) is 15.9. The lowest BCUT2D eigenvalue weighted by Gasteiger charge is -2.31. The third-order valence-electron chi connectivity index (χ3n) is 5.00. The van der Waals surface area contributed by atoms with Gasteiger partial charge in [-0.1, -0.05) is 12.1 Å². The van der Waals surface area contributed by atoms with Crippen LogP contribution >= 0.6 is 0 Å². The molecule has 2 atom stereocenters. The highest BCUT2D eigenvalue weighted by atomic mass is 19.4. The second-order valence-corrected chi connectivity index (χ2v) is 7.03. The van der Waals surface area contributed by atoms with Gasteiger partial charge in [0.1, 0.15) is 11.7 Å². The molecule has 31 heavy (non-hydrogen) atoms. The number of aromatic amines is 1. The summed E-state index contributed by atoms with van der Waals surface area (Å²) in [5, 5.41) is 12.3. The highest BCUT2D eigenvalue weighted by molar-refractivity contribution is 6.13. The molecule has 160 valence electrons. The minimum absolute atomic E-state index is 0.0486. The Morgan fingerprint density at radius 1 is 1.19 bits per heavy atom. The van der Waals surface area contributed by atoms with Crippen LogP contribution in [0, 0.1) is 11.7 Å². The number of carbonyl (C=O) groups is 2. The number of fused-ring (bicyclic) bond motifs is 1. The molecule has 1 aromatic heterocycles. The van der Waals surface area contributed by atoms with Crippen LogP contribution in [-0.2, 0) is 11.0 Å². The maximum atomic E-state index is 14.8. The maximum Gasteiger partial charge on any atom is 0.419 e. The van der Waals surface area contributed by atoms with Crippen LogP contribution in [0.15, 0.2) is 47.6 Å². The Morgan fingerprint density at radius 2 is 1.97 bits per heavy atom. The molecule has 0 aliphatic carbocycles. The second-order valence-electron chi connectivity index (χ2n) is 7.03. The molecule has 2 heterocycles. The topological polar surface area (TPSA) is 99.2 Å². The first-order chi connectivity index (χ1) is 14.6. The van der Waals surface area contributed by atoms with Gasteiger partial charge < -0.3 is 10.6 Å². The molecule has 2 aromatic carbocycles. The summed E-state index contributed by atoms with van der Waals surface area (Å²) < 4.78 is 54.2. The van der Waals surface area contributed by atoms with E-state index in [-0.39, 0.29) is 5.71 Å². The number of benzene rings is 2. The van der Waals surface area contributed by atoms with Crippen molar-refractivity contribution < 1.29 is 27.2 Å². The summed E-state index contributed by atoms with van der Waals surface area (Å²) in [5.74, 6) is -3.44. The van der Waals surface area contributed by atoms with Gasteiger partial charge in [-0.2, -0.15) is 18.3 Å². The molecular weight excluding hydrogens is 418 g/mol. The maximum absolute atomic E-state index is 14.8. The van der Waals surface area contributed by atoms with Gasteiger partial charge in [0.2, 0.25) is 5.91 Å². The minimum Gasteiger partial charge on any atom is -0.328 e. The Morgan fingerprint density at radius 3 is 2.71 bits per heavy atom. The van der Waals surface area contributed by atoms with Gasteiger partial charge in [-0.25, -0.2) is 14.2 Å². The molecule has 0 radical (unpaired) electrons. The molecule has 0 bridgehead atoms. The van der Waals surface area contributed by atoms with E-state index in [1.54, 1.807) is 24.4 Å². The third kappa shape index (κ3) is 3.86. The molecule has 3 aromatic rings. The number of alkyl halides is 3. The van der Waals surface area contributed by atoms with Crippen molar-refractivity contribution in [3.63, 3.8) is 0 Å². The first kappa shape index (κ1) is 20.5. The predicted octanol–water partition coefficient (Wildman–Crippen LogP) is 4.20. The van der Waals surface area contributed by atoms with E-state index in [1.807, 2.05) is 0 Å². The van der Waals surface area contributed by atoms with E-state index in [9.17, 15) is 27.2 Å². The van der Waals surface area contributed by atoms with Gasteiger partial charge in [-0.15, -0.1) is 0 Å². The molecule has 7 nitrogen and oxygen atoms in total. The number of H-pyrrole nitrogens is 1. The van der Waals surface area contributed by atoms with E-state index < -0.39 is 47.0 Å². The molecule has 4 rings (SSSR count). The van der Waals surface area contributed by atoms with E-state index in [2.05, 4.69) is 25.8 Å². The third-order valence-corrected chi connectivity index (χ3v) is 5.00. The first-order valence-electron chi connectivity index (χ1n) is 9.10. The van der Waals surface area contributed by atoms with Crippen LogP contribution in [0.2, 0.25) is 0 Å². The summed E-state index contributed by atoms with van der Waals surface area (Å²) in [6.07, 6.45) is -3.38. The number of anilines is 1. The summed E-state index contributed by atoms with van der Waals surface area (Å²) in [6, 6.07) is 5.41. The van der Waals surface area contributed by atoms with Crippen LogP contribution in [0.1, 0.15) is 24.1 Å². The highest BCUT2D eigenvalue weighted by Crippen LogP contribution is 2.37. The summed E-state index contributed by atoms with van der Waals surface area (Å²) in [6.45, 7) is 1.39. The van der Waals surface area contributed by atoms with Crippen molar-refractivity contribution in [2.75, 3.05) is 5.32 Å². The van der Waals surface area contributed by atoms with Crippen LogP contribution in [0.3, 0.4) is 0 Å². The smallest absolute Gasteiger partial charge is 0.328 e. The summed E-state index contributed by atoms with van der Waals surface area (Å²) in [5.41, 5.74) is -0.754. The van der Waals surface area contributed by atoms with E-state index in [0.29, 0.717) is 11.8 Å². The fourth-order valence-corrected chi connectivity index (χ4v) is 3.57. The van der Waals surface area contributed by atoms with Gasteiger partial charge in [-0.05, 0) is 31.2 Å². The Hall–Kier alpha value is -3.76. The lowest BCUT2D eigenvalue weighted by Crippen LogP contribution is -2.46. The van der Waals surface area contributed by atoms with Crippen molar-refractivity contribution in [2.45, 2.75) is 19.1 Å². The SMILES string of the molecule is CC1=NC(=O)NC(c2cccc(C(F)(F)F)c2F)C1C(=O)Nc1ccc2[nH]ncc2c1. The Bertz CT molecular complexity index is 1220. The van der Waals surface area contributed by atoms with Gasteiger partial charge in [0, 0.05) is 22.3 Å². The van der Waals surface area contributed by atoms with Crippen LogP contribution in [0.5, 0.6) is 0 Å². The van der Waals surface area contributed by atoms with Crippen molar-refractivity contribution in [1.29, 1.82) is 0 Å². The Kier molecular flexibility index (Phi) is 4.96. The van der Waals surface area contributed by atoms with Crippen molar-refractivity contribution in [3.8, 4) is 0 Å². The molecule has 0 saturated carbocycles. The number of carbonyl (C=O) groups excluding carboxylic acids is 2. The van der Waals surface area contributed by atoms with E-state index in [1.165, 1.54) is 6.92 Å². The van der Waals surface area contributed by atoms with Crippen molar-refractivity contribution >= 4 is 34.2 Å². The van der Waals surface area contributed by atoms with Crippen LogP contribution in [0.25, 0.3) is 10.9 Å². The molecule has 0 saturated heterocycles. The molecule has 2 unspecified atom stereocenters. The Balaban J connectivity index is 1.71. The largest absolute Gasteiger partial charge is 0.419 e. The van der Waals surface area contributed by atoms with Crippen LogP contribution in [-0.4, -0.2) is 27.8 Å². The van der Waals surface area contributed by atoms with E-state index in [4.69, 9.17) is 0 Å². The number of hydrogen-bond acceptors (Lipinski definition) is 3. The normalized spacial score (nSPS) is 19.1. The Labute approximate surface area is 172 Å². The van der Waals surface area contributed by atoms with Gasteiger partial charge in [-0.3, -0.25) is 9.89 Å². The van der Waals surface area contributed by atoms with Gasteiger partial charge in [0.25, 0.3) is 0 Å². The minimum atomic E-state index is -4.93. The quantitative estimate of drug-likeness (QED) is 0.540. The standard InChI is InChI=1S/C20H15F4N5O2/c1-9-15(18(30)27-11-5-6-14-10(7-11)8-25-29-14)17(28-19(31)26-9)12-3-2-4-13(16(12)21)20(22,23)24/h2-8,15,17H,1H3,(H,25,29)(H,27,30)(H,28,31). The molecule has 3 N–H and O–H groups in total. The van der Waals surface area contributed by atoms with E-state index >= 15 is 0 Å². The average molecular weight is 433 g/mol. The zero-order chi connectivity index (χ0) is 22.3. The summed E-state index contributed by atoms with van der Waals surface area (Å²) >= 11 is 0. The fraction of sp³-hybridized carbons (Fsp3) is 0.200. The number of aromatic nitrogens is 2. The molecule has 0 spiro atoms. The van der Waals surface area contributed by atoms with Crippen molar-refractivity contribution in [1.82, 2.24) is 15.5 Å². The lowest BCUT2D eigenvalue weighted by molar-refractivity contribution is -0.140. The number of hydrogen-bond donors (Lipinski definition) is 3. The number of urea groups is 1. The fourth-order valence-electron chi connectivity index (χ4n) is 3.57. The number of rotatable bonds is 3. The number of aliphatic imine (C=N–C) groups is 1. The lowest BCUT2D eigenvalue weighted by atomic mass is 9.86. The number of nitrogens with zero attached hydrogens (tertiary/aromatic N) is 2. The van der Waals surface area contributed by atoms with Crippen LogP contribution < -0.4 is 10.6 Å². The predicted molar refractivity (Wildman–Crippen MR) is 104 cm³/mol. The zero-order valence-electron chi connectivity index (χ0n) is 15.9. The number of halogens is 4. The van der Waals surface area contributed by atoms with Gasteiger partial charge in [0.05, 0.1) is 23.3 Å². The van der Waals surface area contributed by atoms with E-state index in [0.717, 1.165) is 23.0 Å². The van der Waals surface area contributed by atoms with Gasteiger partial charge >= 0.3 is 12.2 Å². The number of nitrogens with one attached hydrogen (secondary N) is 3. The summed E-state index contributed by atoms with van der Waals surface area (Å²) in [4.78, 5) is 28.6.